The molecule has 0 aliphatic heterocycles. The minimum atomic E-state index is -0.361. The summed E-state index contributed by atoms with van der Waals surface area (Å²) in [6.45, 7) is 6.68. The molecule has 0 fully saturated rings. The van der Waals surface area contributed by atoms with E-state index in [2.05, 4.69) is 0 Å². The second-order valence-electron chi connectivity index (χ2n) is 2.48. The minimum Gasteiger partial charge on any atom is -0.464 e. The predicted molar refractivity (Wildman–Crippen MR) is 47.0 cm³/mol. The van der Waals surface area contributed by atoms with Crippen LogP contribution in [0, 0.1) is 0 Å². The minimum absolute atomic E-state index is 0.235. The van der Waals surface area contributed by atoms with Crippen molar-refractivity contribution >= 4 is 5.97 Å². The lowest BCUT2D eigenvalue weighted by molar-refractivity contribution is -0.156. The molecule has 0 aromatic carbocycles. The Morgan fingerprint density at radius 2 is 1.92 bits per heavy atom. The summed E-state index contributed by atoms with van der Waals surface area (Å²) in [6, 6.07) is 0. The fourth-order valence-corrected chi connectivity index (χ4v) is 0.968. The summed E-state index contributed by atoms with van der Waals surface area (Å²) in [4.78, 5) is 11.2. The summed E-state index contributed by atoms with van der Waals surface area (Å²) >= 11 is 0. The van der Waals surface area contributed by atoms with Crippen LogP contribution < -0.4 is 0 Å². The van der Waals surface area contributed by atoms with Crippen molar-refractivity contribution in [2.24, 2.45) is 0 Å². The topological polar surface area (TPSA) is 35.5 Å². The maximum Gasteiger partial charge on any atom is 0.335 e. The molecule has 0 saturated carbocycles. The van der Waals surface area contributed by atoms with Gasteiger partial charge in [-0.1, -0.05) is 13.3 Å². The van der Waals surface area contributed by atoms with Crippen molar-refractivity contribution < 1.29 is 14.3 Å². The van der Waals surface area contributed by atoms with Gasteiger partial charge in [0.15, 0.2) is 6.10 Å². The van der Waals surface area contributed by atoms with Gasteiger partial charge in [0.2, 0.25) is 0 Å². The van der Waals surface area contributed by atoms with Gasteiger partial charge in [0.05, 0.1) is 6.61 Å². The van der Waals surface area contributed by atoms with E-state index in [0.717, 1.165) is 12.8 Å². The van der Waals surface area contributed by atoms with Crippen LogP contribution in [0.15, 0.2) is 0 Å². The highest BCUT2D eigenvalue weighted by Gasteiger charge is 2.17. The molecule has 0 radical (unpaired) electrons. The molecule has 0 saturated heterocycles. The zero-order chi connectivity index (χ0) is 9.40. The summed E-state index contributed by atoms with van der Waals surface area (Å²) < 4.78 is 10.1. The van der Waals surface area contributed by atoms with Crippen LogP contribution in [-0.4, -0.2) is 25.3 Å². The van der Waals surface area contributed by atoms with Crippen LogP contribution in [0.1, 0.15) is 33.6 Å². The van der Waals surface area contributed by atoms with Crippen LogP contribution in [0.25, 0.3) is 0 Å². The quantitative estimate of drug-likeness (QED) is 0.575. The van der Waals surface area contributed by atoms with Crippen molar-refractivity contribution in [2.45, 2.75) is 39.7 Å². The maximum absolute atomic E-state index is 11.2. The molecular formula is C9H18O3. The number of hydrogen-bond acceptors (Lipinski definition) is 3. The Morgan fingerprint density at radius 3 is 2.33 bits per heavy atom. The van der Waals surface area contributed by atoms with Gasteiger partial charge in [-0.15, -0.1) is 0 Å². The fraction of sp³-hybridized carbons (Fsp3) is 0.889. The molecule has 0 heterocycles. The van der Waals surface area contributed by atoms with Crippen LogP contribution in [0.3, 0.4) is 0 Å². The van der Waals surface area contributed by atoms with E-state index < -0.39 is 0 Å². The van der Waals surface area contributed by atoms with Crippen LogP contribution in [-0.2, 0) is 14.3 Å². The van der Waals surface area contributed by atoms with E-state index >= 15 is 0 Å². The first-order valence-electron chi connectivity index (χ1n) is 4.54. The molecule has 0 amide bonds. The van der Waals surface area contributed by atoms with E-state index in [1.54, 1.807) is 6.92 Å². The second-order valence-corrected chi connectivity index (χ2v) is 2.48. The van der Waals surface area contributed by atoms with E-state index in [0.29, 0.717) is 13.2 Å². The Kier molecular flexibility index (Phi) is 6.76. The standard InChI is InChI=1S/C9H18O3/c1-4-7-8(11-5-2)9(10)12-6-3/h8H,4-7H2,1-3H3/t8-/m1/s1. The van der Waals surface area contributed by atoms with Gasteiger partial charge in [0, 0.05) is 6.61 Å². The number of carbonyl (C=O) groups excluding carboxylic acids is 1. The summed E-state index contributed by atoms with van der Waals surface area (Å²) in [5.41, 5.74) is 0. The third-order valence-corrected chi connectivity index (χ3v) is 1.47. The van der Waals surface area contributed by atoms with Crippen molar-refractivity contribution in [2.75, 3.05) is 13.2 Å². The number of carbonyl (C=O) groups is 1. The molecule has 72 valence electrons. The Labute approximate surface area is 74.0 Å². The first-order chi connectivity index (χ1) is 5.76. The highest BCUT2D eigenvalue weighted by molar-refractivity contribution is 5.74. The smallest absolute Gasteiger partial charge is 0.335 e. The molecule has 3 heteroatoms. The maximum atomic E-state index is 11.2. The normalized spacial score (nSPS) is 12.6. The summed E-state index contributed by atoms with van der Waals surface area (Å²) in [6.07, 6.45) is 1.32. The van der Waals surface area contributed by atoms with Crippen molar-refractivity contribution in [1.29, 1.82) is 0 Å². The molecule has 0 aliphatic carbocycles. The van der Waals surface area contributed by atoms with Crippen LogP contribution >= 0.6 is 0 Å². The van der Waals surface area contributed by atoms with E-state index in [1.807, 2.05) is 13.8 Å². The molecule has 0 bridgehead atoms. The largest absolute Gasteiger partial charge is 0.464 e. The zero-order valence-corrected chi connectivity index (χ0v) is 8.13. The summed E-state index contributed by atoms with van der Waals surface area (Å²) in [5.74, 6) is -0.235. The van der Waals surface area contributed by atoms with Crippen LogP contribution in [0.2, 0.25) is 0 Å². The van der Waals surface area contributed by atoms with Gasteiger partial charge in [-0.3, -0.25) is 0 Å². The Bertz CT molecular complexity index is 117. The second kappa shape index (κ2) is 7.10. The van der Waals surface area contributed by atoms with Gasteiger partial charge in [-0.25, -0.2) is 4.79 Å². The SMILES string of the molecule is CCC[C@@H](OCC)C(=O)OCC. The van der Waals surface area contributed by atoms with Crippen molar-refractivity contribution in [1.82, 2.24) is 0 Å². The lowest BCUT2D eigenvalue weighted by Crippen LogP contribution is -2.26. The number of esters is 1. The zero-order valence-electron chi connectivity index (χ0n) is 8.13. The molecule has 0 unspecified atom stereocenters. The Hall–Kier alpha value is -0.570. The van der Waals surface area contributed by atoms with E-state index in [4.69, 9.17) is 9.47 Å². The van der Waals surface area contributed by atoms with Gasteiger partial charge in [0.1, 0.15) is 0 Å². The first kappa shape index (κ1) is 11.4. The molecule has 0 aliphatic rings. The molecule has 0 spiro atoms. The molecule has 0 N–H and O–H groups in total. The van der Waals surface area contributed by atoms with Gasteiger partial charge in [-0.2, -0.15) is 0 Å². The molecule has 0 aromatic rings. The molecule has 0 rings (SSSR count). The monoisotopic (exact) mass is 174 g/mol. The fourth-order valence-electron chi connectivity index (χ4n) is 0.968. The lowest BCUT2D eigenvalue weighted by atomic mass is 10.2. The van der Waals surface area contributed by atoms with Gasteiger partial charge < -0.3 is 9.47 Å². The molecular weight excluding hydrogens is 156 g/mol. The first-order valence-corrected chi connectivity index (χ1v) is 4.54. The lowest BCUT2D eigenvalue weighted by Gasteiger charge is -2.13. The third kappa shape index (κ3) is 4.34. The third-order valence-electron chi connectivity index (χ3n) is 1.47. The highest BCUT2D eigenvalue weighted by Crippen LogP contribution is 2.04. The number of ether oxygens (including phenoxy) is 2. The Balaban J connectivity index is 3.81. The van der Waals surface area contributed by atoms with E-state index in [-0.39, 0.29) is 12.1 Å². The highest BCUT2D eigenvalue weighted by atomic mass is 16.6. The predicted octanol–water partition coefficient (Wildman–Crippen LogP) is 1.75. The van der Waals surface area contributed by atoms with Crippen molar-refractivity contribution in [3.05, 3.63) is 0 Å². The van der Waals surface area contributed by atoms with Crippen LogP contribution in [0.4, 0.5) is 0 Å². The Morgan fingerprint density at radius 1 is 1.25 bits per heavy atom. The molecule has 12 heavy (non-hydrogen) atoms. The van der Waals surface area contributed by atoms with Crippen molar-refractivity contribution in [3.63, 3.8) is 0 Å². The average Bonchev–Trinajstić information content (AvgIpc) is 2.04. The molecule has 0 aromatic heterocycles. The van der Waals surface area contributed by atoms with Crippen LogP contribution in [0.5, 0.6) is 0 Å². The van der Waals surface area contributed by atoms with Gasteiger partial charge >= 0.3 is 5.97 Å². The van der Waals surface area contributed by atoms with E-state index in [9.17, 15) is 4.79 Å². The van der Waals surface area contributed by atoms with E-state index in [1.165, 1.54) is 0 Å². The van der Waals surface area contributed by atoms with Crippen molar-refractivity contribution in [3.8, 4) is 0 Å². The average molecular weight is 174 g/mol. The molecule has 1 atom stereocenters. The van der Waals surface area contributed by atoms with Gasteiger partial charge in [-0.05, 0) is 20.3 Å². The summed E-state index contributed by atoms with van der Waals surface area (Å²) in [5, 5.41) is 0. The number of rotatable bonds is 6. The number of hydrogen-bond donors (Lipinski definition) is 0. The summed E-state index contributed by atoms with van der Waals surface area (Å²) in [7, 11) is 0. The van der Waals surface area contributed by atoms with Gasteiger partial charge in [0.25, 0.3) is 0 Å². The molecule has 3 nitrogen and oxygen atoms in total.